The molecule has 2 aromatic carbocycles. The molecule has 25 heavy (non-hydrogen) atoms. The Morgan fingerprint density at radius 1 is 1.20 bits per heavy atom. The number of carbonyl (C=O) groups excluding carboxylic acids is 2. The van der Waals surface area contributed by atoms with E-state index in [-0.39, 0.29) is 16.9 Å². The number of nitrogens with one attached hydrogen (secondary N) is 1. The molecule has 0 radical (unpaired) electrons. The highest BCUT2D eigenvalue weighted by Gasteiger charge is 2.17. The second-order valence-corrected chi connectivity index (χ2v) is 6.82. The van der Waals surface area contributed by atoms with Crippen LogP contribution in [0.5, 0.6) is 0 Å². The Labute approximate surface area is 163 Å². The van der Waals surface area contributed by atoms with Gasteiger partial charge in [0.25, 0.3) is 11.6 Å². The lowest BCUT2D eigenvalue weighted by atomic mass is 10.2. The van der Waals surface area contributed by atoms with E-state index < -0.39 is 23.4 Å². The Kier molecular flexibility index (Phi) is 6.51. The van der Waals surface area contributed by atoms with Crippen LogP contribution in [0.1, 0.15) is 10.4 Å². The third-order valence-corrected chi connectivity index (χ3v) is 4.38. The lowest BCUT2D eigenvalue weighted by Crippen LogP contribution is -2.21. The van der Waals surface area contributed by atoms with E-state index >= 15 is 0 Å². The van der Waals surface area contributed by atoms with Crippen molar-refractivity contribution < 1.29 is 19.2 Å². The molecule has 0 saturated carbocycles. The molecule has 0 heterocycles. The van der Waals surface area contributed by atoms with Crippen LogP contribution in [0.4, 0.5) is 11.4 Å². The molecular weight excluding hydrogens is 483 g/mol. The van der Waals surface area contributed by atoms with Crippen molar-refractivity contribution in [3.05, 3.63) is 66.0 Å². The monoisotopic (exact) mass is 490 g/mol. The van der Waals surface area contributed by atoms with E-state index in [1.165, 1.54) is 24.3 Å². The predicted octanol–water partition coefficient (Wildman–Crippen LogP) is 4.57. The van der Waals surface area contributed by atoms with E-state index in [1.807, 2.05) is 0 Å². The summed E-state index contributed by atoms with van der Waals surface area (Å²) >= 11 is 12.1. The maximum atomic E-state index is 11.9. The number of esters is 1. The molecule has 2 rings (SSSR count). The summed E-state index contributed by atoms with van der Waals surface area (Å²) in [5.41, 5.74) is 0.358. The topological polar surface area (TPSA) is 98.5 Å². The fourth-order valence-corrected chi connectivity index (χ4v) is 3.34. The molecule has 7 nitrogen and oxygen atoms in total. The van der Waals surface area contributed by atoms with Crippen molar-refractivity contribution in [3.63, 3.8) is 0 Å². The van der Waals surface area contributed by atoms with Gasteiger partial charge in [0.05, 0.1) is 16.2 Å². The van der Waals surface area contributed by atoms with Crippen molar-refractivity contribution in [1.82, 2.24) is 0 Å². The number of halogens is 3. The first-order valence-electron chi connectivity index (χ1n) is 6.64. The molecule has 2 aromatic rings. The minimum atomic E-state index is -0.695. The number of nitro groups is 1. The first-order valence-corrected chi connectivity index (χ1v) is 8.60. The zero-order chi connectivity index (χ0) is 18.6. The second kappa shape index (κ2) is 8.41. The summed E-state index contributed by atoms with van der Waals surface area (Å²) in [6.07, 6.45) is 0. The molecule has 10 heteroatoms. The summed E-state index contributed by atoms with van der Waals surface area (Å²) in [4.78, 5) is 34.0. The van der Waals surface area contributed by atoms with Gasteiger partial charge in [-0.15, -0.1) is 0 Å². The first-order chi connectivity index (χ1) is 11.8. The van der Waals surface area contributed by atoms with Crippen molar-refractivity contribution in [2.75, 3.05) is 11.9 Å². The minimum absolute atomic E-state index is 0.149. The van der Waals surface area contributed by atoms with E-state index in [9.17, 15) is 19.7 Å². The van der Waals surface area contributed by atoms with Crippen molar-refractivity contribution in [1.29, 1.82) is 0 Å². The Hall–Kier alpha value is -1.97. The fourth-order valence-electron chi connectivity index (χ4n) is 1.79. The predicted molar refractivity (Wildman–Crippen MR) is 98.9 cm³/mol. The van der Waals surface area contributed by atoms with Crippen LogP contribution in [0.2, 0.25) is 5.02 Å². The third-order valence-electron chi connectivity index (χ3n) is 2.90. The van der Waals surface area contributed by atoms with E-state index in [0.29, 0.717) is 14.0 Å². The minimum Gasteiger partial charge on any atom is -0.452 e. The van der Waals surface area contributed by atoms with Crippen molar-refractivity contribution >= 4 is 66.7 Å². The van der Waals surface area contributed by atoms with Crippen LogP contribution in [0, 0.1) is 10.1 Å². The Morgan fingerprint density at radius 3 is 2.40 bits per heavy atom. The molecular formula is C15H9Br2ClN2O5. The Balaban J connectivity index is 2.01. The molecule has 0 aromatic heterocycles. The van der Waals surface area contributed by atoms with Gasteiger partial charge in [-0.05, 0) is 50.1 Å². The quantitative estimate of drug-likeness (QED) is 0.375. The molecule has 0 fully saturated rings. The van der Waals surface area contributed by atoms with Crippen LogP contribution in [-0.4, -0.2) is 23.4 Å². The van der Waals surface area contributed by atoms with Crippen LogP contribution in [0.15, 0.2) is 45.3 Å². The number of rotatable bonds is 5. The van der Waals surface area contributed by atoms with Crippen molar-refractivity contribution in [2.45, 2.75) is 0 Å². The standard InChI is InChI=1S/C15H9Br2ClN2O5/c16-11-5-10(20(23)24)6-12(17)14(11)19-13(21)7-25-15(22)8-2-1-3-9(18)4-8/h1-6H,7H2,(H,19,21). The average molecular weight is 493 g/mol. The number of amides is 1. The van der Waals surface area contributed by atoms with E-state index in [2.05, 4.69) is 37.2 Å². The normalized spacial score (nSPS) is 10.2. The highest BCUT2D eigenvalue weighted by atomic mass is 79.9. The van der Waals surface area contributed by atoms with Crippen LogP contribution < -0.4 is 5.32 Å². The maximum Gasteiger partial charge on any atom is 0.338 e. The highest BCUT2D eigenvalue weighted by molar-refractivity contribution is 9.11. The molecule has 1 amide bonds. The molecule has 0 aliphatic rings. The van der Waals surface area contributed by atoms with Crippen LogP contribution >= 0.6 is 43.5 Å². The number of non-ortho nitro benzene ring substituents is 1. The number of hydrogen-bond acceptors (Lipinski definition) is 5. The number of nitro benzene ring substituents is 1. The molecule has 1 N–H and O–H groups in total. The number of anilines is 1. The van der Waals surface area contributed by atoms with E-state index in [4.69, 9.17) is 16.3 Å². The number of benzene rings is 2. The Morgan fingerprint density at radius 2 is 1.84 bits per heavy atom. The van der Waals surface area contributed by atoms with Gasteiger partial charge in [-0.2, -0.15) is 0 Å². The molecule has 0 spiro atoms. The summed E-state index contributed by atoms with van der Waals surface area (Å²) in [6, 6.07) is 8.62. The SMILES string of the molecule is O=C(COC(=O)c1cccc(Cl)c1)Nc1c(Br)cc([N+](=O)[O-])cc1Br. The third kappa shape index (κ3) is 5.25. The van der Waals surface area contributed by atoms with Gasteiger partial charge in [0.2, 0.25) is 0 Å². The Bertz CT molecular complexity index is 837. The molecule has 0 bridgehead atoms. The summed E-state index contributed by atoms with van der Waals surface area (Å²) in [5, 5.41) is 13.7. The van der Waals surface area contributed by atoms with Gasteiger partial charge in [0.1, 0.15) is 0 Å². The summed E-state index contributed by atoms with van der Waals surface area (Å²) in [5.74, 6) is -1.30. The van der Waals surface area contributed by atoms with Gasteiger partial charge in [0, 0.05) is 26.1 Å². The first kappa shape index (κ1) is 19.4. The summed E-state index contributed by atoms with van der Waals surface area (Å²) < 4.78 is 5.53. The zero-order valence-corrected chi connectivity index (χ0v) is 16.2. The molecule has 0 unspecified atom stereocenters. The molecule has 130 valence electrons. The van der Waals surface area contributed by atoms with Gasteiger partial charge in [-0.25, -0.2) is 4.79 Å². The van der Waals surface area contributed by atoms with Gasteiger partial charge in [-0.1, -0.05) is 17.7 Å². The molecule has 0 saturated heterocycles. The van der Waals surface area contributed by atoms with Gasteiger partial charge < -0.3 is 10.1 Å². The lowest BCUT2D eigenvalue weighted by molar-refractivity contribution is -0.385. The van der Waals surface area contributed by atoms with Crippen LogP contribution in [-0.2, 0) is 9.53 Å². The molecule has 0 aliphatic heterocycles. The van der Waals surface area contributed by atoms with Crippen molar-refractivity contribution in [2.24, 2.45) is 0 Å². The van der Waals surface area contributed by atoms with E-state index in [1.54, 1.807) is 12.1 Å². The van der Waals surface area contributed by atoms with E-state index in [0.717, 1.165) is 0 Å². The van der Waals surface area contributed by atoms with Gasteiger partial charge in [-0.3, -0.25) is 14.9 Å². The lowest BCUT2D eigenvalue weighted by Gasteiger charge is -2.10. The summed E-state index contributed by atoms with van der Waals surface area (Å²) in [7, 11) is 0. The van der Waals surface area contributed by atoms with Crippen molar-refractivity contribution in [3.8, 4) is 0 Å². The van der Waals surface area contributed by atoms with Gasteiger partial charge in [0.15, 0.2) is 6.61 Å². The second-order valence-electron chi connectivity index (χ2n) is 4.68. The summed E-state index contributed by atoms with van der Waals surface area (Å²) in [6.45, 7) is -0.527. The van der Waals surface area contributed by atoms with Crippen LogP contribution in [0.3, 0.4) is 0 Å². The average Bonchev–Trinajstić information content (AvgIpc) is 2.55. The van der Waals surface area contributed by atoms with Gasteiger partial charge >= 0.3 is 5.97 Å². The highest BCUT2D eigenvalue weighted by Crippen LogP contribution is 2.35. The largest absolute Gasteiger partial charge is 0.452 e. The zero-order valence-electron chi connectivity index (χ0n) is 12.3. The maximum absolute atomic E-state index is 11.9. The number of nitrogens with zero attached hydrogens (tertiary/aromatic N) is 1. The molecule has 0 aliphatic carbocycles. The smallest absolute Gasteiger partial charge is 0.338 e. The fraction of sp³-hybridized carbons (Fsp3) is 0.0667. The number of hydrogen-bond donors (Lipinski definition) is 1. The number of ether oxygens (including phenoxy) is 1. The van der Waals surface area contributed by atoms with Crippen LogP contribution in [0.25, 0.3) is 0 Å². The number of carbonyl (C=O) groups is 2. The molecule has 0 atom stereocenters.